The predicted molar refractivity (Wildman–Crippen MR) is 89.2 cm³/mol. The van der Waals surface area contributed by atoms with Crippen molar-refractivity contribution in [1.82, 2.24) is 4.90 Å². The van der Waals surface area contributed by atoms with E-state index in [1.807, 2.05) is 11.0 Å². The van der Waals surface area contributed by atoms with Crippen LogP contribution in [-0.2, 0) is 14.9 Å². The van der Waals surface area contributed by atoms with Gasteiger partial charge in [-0.25, -0.2) is 0 Å². The molecule has 22 heavy (non-hydrogen) atoms. The molecule has 0 saturated carbocycles. The van der Waals surface area contributed by atoms with Crippen LogP contribution in [0.4, 0.5) is 0 Å². The Balaban J connectivity index is 0.00000176. The standard InChI is InChI=1S/C17H24N2O2.ClH/c1-17(13-5-3-2-4-6-13)9-10-19(12-17)16(20)15-8-7-14(11-18)21-15;/h2-6,14-15H,7-12,18H2,1H3;1H/t14-,15+,17?;/m1./s1. The van der Waals surface area contributed by atoms with E-state index in [4.69, 9.17) is 10.5 Å². The minimum Gasteiger partial charge on any atom is -0.364 e. The van der Waals surface area contributed by atoms with E-state index in [1.165, 1.54) is 5.56 Å². The number of carbonyl (C=O) groups is 1. The summed E-state index contributed by atoms with van der Waals surface area (Å²) in [7, 11) is 0. The molecule has 2 aliphatic rings. The van der Waals surface area contributed by atoms with Gasteiger partial charge in [0.2, 0.25) is 0 Å². The lowest BCUT2D eigenvalue weighted by Crippen LogP contribution is -2.40. The summed E-state index contributed by atoms with van der Waals surface area (Å²) >= 11 is 0. The van der Waals surface area contributed by atoms with Crippen LogP contribution in [-0.4, -0.2) is 42.6 Å². The van der Waals surface area contributed by atoms with Crippen LogP contribution < -0.4 is 5.73 Å². The summed E-state index contributed by atoms with van der Waals surface area (Å²) in [6, 6.07) is 10.5. The number of rotatable bonds is 3. The molecule has 122 valence electrons. The Kier molecular flexibility index (Phi) is 5.48. The first-order valence-electron chi connectivity index (χ1n) is 7.82. The molecule has 1 aromatic rings. The van der Waals surface area contributed by atoms with Gasteiger partial charge in [0.05, 0.1) is 6.10 Å². The number of halogens is 1. The van der Waals surface area contributed by atoms with Crippen LogP contribution in [0.1, 0.15) is 31.7 Å². The number of benzene rings is 1. The zero-order valence-corrected chi connectivity index (χ0v) is 13.8. The maximum absolute atomic E-state index is 12.6. The molecule has 3 rings (SSSR count). The van der Waals surface area contributed by atoms with Crippen molar-refractivity contribution < 1.29 is 9.53 Å². The Morgan fingerprint density at radius 1 is 1.36 bits per heavy atom. The van der Waals surface area contributed by atoms with Crippen LogP contribution in [0.25, 0.3) is 0 Å². The van der Waals surface area contributed by atoms with Gasteiger partial charge in [0, 0.05) is 25.0 Å². The highest BCUT2D eigenvalue weighted by Crippen LogP contribution is 2.35. The van der Waals surface area contributed by atoms with Crippen LogP contribution >= 0.6 is 12.4 Å². The van der Waals surface area contributed by atoms with Gasteiger partial charge in [0.15, 0.2) is 0 Å². The van der Waals surface area contributed by atoms with Crippen molar-refractivity contribution in [2.24, 2.45) is 5.73 Å². The summed E-state index contributed by atoms with van der Waals surface area (Å²) < 4.78 is 5.74. The highest BCUT2D eigenvalue weighted by molar-refractivity contribution is 5.85. The summed E-state index contributed by atoms with van der Waals surface area (Å²) in [4.78, 5) is 14.6. The molecule has 0 bridgehead atoms. The van der Waals surface area contributed by atoms with Gasteiger partial charge >= 0.3 is 0 Å². The third-order valence-corrected chi connectivity index (χ3v) is 4.90. The molecule has 0 aliphatic carbocycles. The topological polar surface area (TPSA) is 55.6 Å². The Labute approximate surface area is 138 Å². The van der Waals surface area contributed by atoms with Crippen molar-refractivity contribution >= 4 is 18.3 Å². The minimum atomic E-state index is -0.281. The normalized spacial score (nSPS) is 31.1. The molecule has 3 atom stereocenters. The molecule has 2 heterocycles. The summed E-state index contributed by atoms with van der Waals surface area (Å²) in [6.07, 6.45) is 2.49. The van der Waals surface area contributed by atoms with Crippen molar-refractivity contribution in [1.29, 1.82) is 0 Å². The molecule has 2 aliphatic heterocycles. The van der Waals surface area contributed by atoms with Crippen LogP contribution in [0.3, 0.4) is 0 Å². The number of ether oxygens (including phenoxy) is 1. The summed E-state index contributed by atoms with van der Waals surface area (Å²) in [6.45, 7) is 4.35. The van der Waals surface area contributed by atoms with E-state index in [2.05, 4.69) is 31.2 Å². The maximum atomic E-state index is 12.6. The largest absolute Gasteiger partial charge is 0.364 e. The minimum absolute atomic E-state index is 0. The van der Waals surface area contributed by atoms with E-state index in [0.29, 0.717) is 6.54 Å². The Bertz CT molecular complexity index is 511. The van der Waals surface area contributed by atoms with E-state index < -0.39 is 0 Å². The third-order valence-electron chi connectivity index (χ3n) is 4.90. The van der Waals surface area contributed by atoms with E-state index in [1.54, 1.807) is 0 Å². The first-order valence-corrected chi connectivity index (χ1v) is 7.82. The van der Waals surface area contributed by atoms with Crippen molar-refractivity contribution in [2.45, 2.75) is 43.8 Å². The van der Waals surface area contributed by atoms with Gasteiger partial charge in [-0.2, -0.15) is 0 Å². The fourth-order valence-corrected chi connectivity index (χ4v) is 3.49. The van der Waals surface area contributed by atoms with Crippen molar-refractivity contribution in [3.05, 3.63) is 35.9 Å². The molecular formula is C17H25ClN2O2. The highest BCUT2D eigenvalue weighted by Gasteiger charge is 2.41. The van der Waals surface area contributed by atoms with Crippen molar-refractivity contribution in [3.63, 3.8) is 0 Å². The molecule has 0 radical (unpaired) electrons. The Morgan fingerprint density at radius 2 is 2.09 bits per heavy atom. The van der Waals surface area contributed by atoms with Gasteiger partial charge < -0.3 is 15.4 Å². The van der Waals surface area contributed by atoms with Crippen molar-refractivity contribution in [3.8, 4) is 0 Å². The van der Waals surface area contributed by atoms with E-state index in [9.17, 15) is 4.79 Å². The van der Waals surface area contributed by atoms with Gasteiger partial charge in [-0.3, -0.25) is 4.79 Å². The second kappa shape index (κ2) is 6.99. The molecule has 1 amide bonds. The lowest BCUT2D eigenvalue weighted by Gasteiger charge is -2.26. The molecule has 2 N–H and O–H groups in total. The molecule has 2 saturated heterocycles. The number of hydrogen-bond donors (Lipinski definition) is 1. The Morgan fingerprint density at radius 3 is 2.73 bits per heavy atom. The third kappa shape index (κ3) is 3.29. The number of likely N-dealkylation sites (tertiary alicyclic amines) is 1. The quantitative estimate of drug-likeness (QED) is 0.926. The predicted octanol–water partition coefficient (Wildman–Crippen LogP) is 2.10. The zero-order valence-electron chi connectivity index (χ0n) is 13.0. The van der Waals surface area contributed by atoms with Gasteiger partial charge in [0.1, 0.15) is 6.10 Å². The van der Waals surface area contributed by atoms with E-state index in [-0.39, 0.29) is 35.9 Å². The SMILES string of the molecule is CC1(c2ccccc2)CCN(C(=O)[C@@H]2CC[C@H](CN)O2)C1.Cl. The Hall–Kier alpha value is -1.10. The van der Waals surface area contributed by atoms with Gasteiger partial charge in [0.25, 0.3) is 5.91 Å². The molecule has 5 heteroatoms. The smallest absolute Gasteiger partial charge is 0.251 e. The molecule has 2 fully saturated rings. The van der Waals surface area contributed by atoms with Gasteiger partial charge in [-0.15, -0.1) is 12.4 Å². The van der Waals surface area contributed by atoms with Crippen molar-refractivity contribution in [2.75, 3.05) is 19.6 Å². The number of nitrogens with zero attached hydrogens (tertiary/aromatic N) is 1. The monoisotopic (exact) mass is 324 g/mol. The molecule has 0 aromatic heterocycles. The first-order chi connectivity index (χ1) is 10.1. The number of amides is 1. The van der Waals surface area contributed by atoms with E-state index >= 15 is 0 Å². The molecule has 1 aromatic carbocycles. The average Bonchev–Trinajstić information content (AvgIpc) is 3.15. The maximum Gasteiger partial charge on any atom is 0.251 e. The van der Waals surface area contributed by atoms with Crippen LogP contribution in [0.15, 0.2) is 30.3 Å². The van der Waals surface area contributed by atoms with Crippen LogP contribution in [0.2, 0.25) is 0 Å². The molecule has 1 unspecified atom stereocenters. The molecule has 4 nitrogen and oxygen atoms in total. The van der Waals surface area contributed by atoms with Gasteiger partial charge in [-0.05, 0) is 24.8 Å². The van der Waals surface area contributed by atoms with Crippen LogP contribution in [0, 0.1) is 0 Å². The number of hydrogen-bond acceptors (Lipinski definition) is 3. The second-order valence-electron chi connectivity index (χ2n) is 6.50. The molecular weight excluding hydrogens is 300 g/mol. The first kappa shape index (κ1) is 17.3. The second-order valence-corrected chi connectivity index (χ2v) is 6.50. The number of nitrogens with two attached hydrogens (primary N) is 1. The zero-order chi connectivity index (χ0) is 14.9. The highest BCUT2D eigenvalue weighted by atomic mass is 35.5. The lowest BCUT2D eigenvalue weighted by molar-refractivity contribution is -0.141. The fraction of sp³-hybridized carbons (Fsp3) is 0.588. The molecule has 0 spiro atoms. The average molecular weight is 325 g/mol. The summed E-state index contributed by atoms with van der Waals surface area (Å²) in [5.74, 6) is 0.144. The summed E-state index contributed by atoms with van der Waals surface area (Å²) in [5, 5.41) is 0. The summed E-state index contributed by atoms with van der Waals surface area (Å²) in [5.41, 5.74) is 6.99. The number of carbonyl (C=O) groups excluding carboxylic acids is 1. The van der Waals surface area contributed by atoms with E-state index in [0.717, 1.165) is 32.4 Å². The van der Waals surface area contributed by atoms with Gasteiger partial charge in [-0.1, -0.05) is 37.3 Å². The lowest BCUT2D eigenvalue weighted by atomic mass is 9.82. The van der Waals surface area contributed by atoms with Crippen LogP contribution in [0.5, 0.6) is 0 Å². The fourth-order valence-electron chi connectivity index (χ4n) is 3.49.